The molecule has 0 aliphatic rings. The molecule has 0 aliphatic carbocycles. The Morgan fingerprint density at radius 3 is 1.83 bits per heavy atom. The van der Waals surface area contributed by atoms with Gasteiger partial charge in [-0.15, -0.1) is 0 Å². The van der Waals surface area contributed by atoms with E-state index < -0.39 is 5.97 Å². The van der Waals surface area contributed by atoms with Crippen molar-refractivity contribution in [3.63, 3.8) is 0 Å². The molecule has 0 bridgehead atoms. The third-order valence-electron chi connectivity index (χ3n) is 3.34. The van der Waals surface area contributed by atoms with Crippen LogP contribution in [0.1, 0.15) is 84.0 Å². The van der Waals surface area contributed by atoms with Gasteiger partial charge in [-0.3, -0.25) is 9.59 Å². The highest BCUT2D eigenvalue weighted by atomic mass is 16.4. The largest absolute Gasteiger partial charge is 0.483 e. The lowest BCUT2D eigenvalue weighted by atomic mass is 10.1. The van der Waals surface area contributed by atoms with Crippen LogP contribution in [0.4, 0.5) is 0 Å². The van der Waals surface area contributed by atoms with Crippen molar-refractivity contribution in [2.24, 2.45) is 0 Å². The Morgan fingerprint density at radius 2 is 1.30 bits per heavy atom. The minimum absolute atomic E-state index is 0.250. The molecule has 0 saturated heterocycles. The van der Waals surface area contributed by atoms with Crippen molar-refractivity contribution in [1.82, 2.24) is 0 Å². The summed E-state index contributed by atoms with van der Waals surface area (Å²) in [5, 5.41) is 15.4. The Labute approximate surface area is 141 Å². The molecule has 0 rings (SSSR count). The van der Waals surface area contributed by atoms with Gasteiger partial charge < -0.3 is 10.2 Å². The van der Waals surface area contributed by atoms with Crippen molar-refractivity contribution in [1.29, 1.82) is 0 Å². The molecular weight excluding hydrogens is 292 g/mol. The third kappa shape index (κ3) is 29.1. The molecule has 0 fully saturated rings. The standard InChI is InChI=1S/C18H32O2.CH2O2/c1-2-3-4-5-6-7-8-9-10-11-12-13-14-15-16-17-18(19)20;2-1-3/h6-7,9-10H,2-5,8,11-17H2,1H3,(H,19,20);1H,(H,2,3)/b7-6-,10-9-;. The van der Waals surface area contributed by atoms with Gasteiger partial charge in [-0.2, -0.15) is 0 Å². The number of carboxylic acids is 1. The van der Waals surface area contributed by atoms with Crippen molar-refractivity contribution in [3.05, 3.63) is 24.3 Å². The van der Waals surface area contributed by atoms with E-state index in [1.807, 2.05) is 0 Å². The summed E-state index contributed by atoms with van der Waals surface area (Å²) in [6.45, 7) is 1.98. The zero-order chi connectivity index (χ0) is 17.6. The normalized spacial score (nSPS) is 10.7. The molecule has 4 heteroatoms. The SMILES string of the molecule is CCCCC/C=C\C/C=C\CCCCCCCC(=O)O.O=CO. The van der Waals surface area contributed by atoms with E-state index in [0.717, 1.165) is 25.7 Å². The molecule has 2 N–H and O–H groups in total. The highest BCUT2D eigenvalue weighted by Crippen LogP contribution is 2.08. The van der Waals surface area contributed by atoms with Crippen molar-refractivity contribution < 1.29 is 19.8 Å². The van der Waals surface area contributed by atoms with E-state index in [-0.39, 0.29) is 6.47 Å². The number of allylic oxidation sites excluding steroid dienone is 4. The lowest BCUT2D eigenvalue weighted by Gasteiger charge is -1.98. The summed E-state index contributed by atoms with van der Waals surface area (Å²) >= 11 is 0. The Hall–Kier alpha value is -1.58. The van der Waals surface area contributed by atoms with E-state index in [2.05, 4.69) is 31.2 Å². The van der Waals surface area contributed by atoms with Gasteiger partial charge in [0.15, 0.2) is 0 Å². The van der Waals surface area contributed by atoms with Crippen molar-refractivity contribution in [2.45, 2.75) is 84.0 Å². The fourth-order valence-corrected chi connectivity index (χ4v) is 2.09. The Balaban J connectivity index is 0. The monoisotopic (exact) mass is 326 g/mol. The highest BCUT2D eigenvalue weighted by Gasteiger charge is 1.95. The molecule has 0 unspecified atom stereocenters. The number of unbranched alkanes of at least 4 members (excludes halogenated alkanes) is 8. The molecule has 0 atom stereocenters. The predicted molar refractivity (Wildman–Crippen MR) is 95.7 cm³/mol. The van der Waals surface area contributed by atoms with E-state index in [9.17, 15) is 4.79 Å². The second-order valence-electron chi connectivity index (χ2n) is 5.48. The average molecular weight is 326 g/mol. The van der Waals surface area contributed by atoms with Crippen LogP contribution in [0.15, 0.2) is 24.3 Å². The highest BCUT2D eigenvalue weighted by molar-refractivity contribution is 5.66. The van der Waals surface area contributed by atoms with Crippen LogP contribution in [0, 0.1) is 0 Å². The van der Waals surface area contributed by atoms with Gasteiger partial charge in [0.05, 0.1) is 0 Å². The van der Waals surface area contributed by atoms with Crippen LogP contribution >= 0.6 is 0 Å². The molecule has 134 valence electrons. The number of hydrogen-bond donors (Lipinski definition) is 2. The Morgan fingerprint density at radius 1 is 0.826 bits per heavy atom. The molecule has 0 aromatic rings. The Bertz CT molecular complexity index is 308. The minimum Gasteiger partial charge on any atom is -0.483 e. The lowest BCUT2D eigenvalue weighted by molar-refractivity contribution is -0.137. The van der Waals surface area contributed by atoms with Gasteiger partial charge >= 0.3 is 5.97 Å². The molecule has 0 amide bonds. The molecule has 4 nitrogen and oxygen atoms in total. The van der Waals surface area contributed by atoms with Crippen molar-refractivity contribution >= 4 is 12.4 Å². The number of carboxylic acid groups (broad SMARTS) is 2. The van der Waals surface area contributed by atoms with Gasteiger partial charge in [0.2, 0.25) is 0 Å². The van der Waals surface area contributed by atoms with Crippen molar-refractivity contribution in [2.75, 3.05) is 0 Å². The van der Waals surface area contributed by atoms with Crippen molar-refractivity contribution in [3.8, 4) is 0 Å². The van der Waals surface area contributed by atoms with Crippen LogP contribution < -0.4 is 0 Å². The number of rotatable bonds is 14. The second-order valence-corrected chi connectivity index (χ2v) is 5.48. The van der Waals surface area contributed by atoms with Crippen LogP contribution in [-0.2, 0) is 9.59 Å². The average Bonchev–Trinajstić information content (AvgIpc) is 2.51. The minimum atomic E-state index is -0.671. The van der Waals surface area contributed by atoms with Gasteiger partial charge in [-0.1, -0.05) is 63.3 Å². The number of aliphatic carboxylic acids is 1. The van der Waals surface area contributed by atoms with Crippen LogP contribution in [0.2, 0.25) is 0 Å². The first-order chi connectivity index (χ1) is 11.2. The smallest absolute Gasteiger partial charge is 0.303 e. The summed E-state index contributed by atoms with van der Waals surface area (Å²) in [4.78, 5) is 18.7. The summed E-state index contributed by atoms with van der Waals surface area (Å²) in [6.07, 6.45) is 22.3. The summed E-state index contributed by atoms with van der Waals surface area (Å²) in [6, 6.07) is 0. The first-order valence-electron chi connectivity index (χ1n) is 8.78. The quantitative estimate of drug-likeness (QED) is 0.248. The zero-order valence-corrected chi connectivity index (χ0v) is 14.6. The van der Waals surface area contributed by atoms with Gasteiger partial charge in [0.1, 0.15) is 0 Å². The van der Waals surface area contributed by atoms with E-state index in [1.54, 1.807) is 0 Å². The molecule has 0 radical (unpaired) electrons. The van der Waals surface area contributed by atoms with Gasteiger partial charge in [-0.05, 0) is 38.5 Å². The number of hydrogen-bond acceptors (Lipinski definition) is 2. The molecule has 0 saturated carbocycles. The van der Waals surface area contributed by atoms with Gasteiger partial charge in [0, 0.05) is 6.42 Å². The molecule has 0 spiro atoms. The summed E-state index contributed by atoms with van der Waals surface area (Å²) in [5.74, 6) is -0.671. The molecule has 0 aromatic heterocycles. The van der Waals surface area contributed by atoms with Gasteiger partial charge in [0.25, 0.3) is 6.47 Å². The predicted octanol–water partition coefficient (Wildman–Crippen LogP) is 5.59. The molecule has 0 heterocycles. The van der Waals surface area contributed by atoms with Crippen LogP contribution in [0.5, 0.6) is 0 Å². The van der Waals surface area contributed by atoms with Crippen LogP contribution in [0.25, 0.3) is 0 Å². The Kier molecular flexibility index (Phi) is 23.4. The maximum absolute atomic E-state index is 10.3. The molecule has 0 aliphatic heterocycles. The molecule has 23 heavy (non-hydrogen) atoms. The fourth-order valence-electron chi connectivity index (χ4n) is 2.09. The number of carbonyl (C=O) groups is 2. The third-order valence-corrected chi connectivity index (χ3v) is 3.34. The maximum atomic E-state index is 10.3. The first-order valence-corrected chi connectivity index (χ1v) is 8.78. The van der Waals surface area contributed by atoms with Gasteiger partial charge in [-0.25, -0.2) is 0 Å². The van der Waals surface area contributed by atoms with Crippen LogP contribution in [-0.4, -0.2) is 22.7 Å². The fraction of sp³-hybridized carbons (Fsp3) is 0.684. The summed E-state index contributed by atoms with van der Waals surface area (Å²) < 4.78 is 0. The van der Waals surface area contributed by atoms with E-state index >= 15 is 0 Å². The summed E-state index contributed by atoms with van der Waals surface area (Å²) in [7, 11) is 0. The van der Waals surface area contributed by atoms with E-state index in [1.165, 1.54) is 44.9 Å². The second kappa shape index (κ2) is 22.7. The molecular formula is C19H34O4. The topological polar surface area (TPSA) is 74.6 Å². The first kappa shape index (κ1) is 23.7. The zero-order valence-electron chi connectivity index (χ0n) is 14.6. The van der Waals surface area contributed by atoms with E-state index in [4.69, 9.17) is 15.0 Å². The summed E-state index contributed by atoms with van der Waals surface area (Å²) in [5.41, 5.74) is 0. The van der Waals surface area contributed by atoms with Crippen LogP contribution in [0.3, 0.4) is 0 Å². The van der Waals surface area contributed by atoms with E-state index in [0.29, 0.717) is 6.42 Å². The molecule has 0 aromatic carbocycles. The maximum Gasteiger partial charge on any atom is 0.303 e. The lowest BCUT2D eigenvalue weighted by Crippen LogP contribution is -1.93.